The molecule has 0 saturated heterocycles. The Kier molecular flexibility index (Phi) is 5.62. The Morgan fingerprint density at radius 1 is 1.31 bits per heavy atom. The molecule has 0 spiro atoms. The number of furan rings is 1. The average molecular weight is 420 g/mol. The minimum Gasteiger partial charge on any atom is -0.497 e. The molecule has 0 aliphatic carbocycles. The van der Waals surface area contributed by atoms with Gasteiger partial charge < -0.3 is 19.2 Å². The van der Waals surface area contributed by atoms with E-state index in [1.807, 2.05) is 25.2 Å². The number of methoxy groups -OCH3 is 1. The van der Waals surface area contributed by atoms with Crippen LogP contribution in [-0.4, -0.2) is 22.8 Å². The monoisotopic (exact) mass is 419 g/mol. The van der Waals surface area contributed by atoms with E-state index < -0.39 is 0 Å². The van der Waals surface area contributed by atoms with Gasteiger partial charge in [-0.05, 0) is 40.2 Å². The predicted molar refractivity (Wildman–Crippen MR) is 98.1 cm³/mol. The lowest BCUT2D eigenvalue weighted by atomic mass is 10.3. The molecule has 136 valence electrons. The number of rotatable bonds is 7. The Morgan fingerprint density at radius 2 is 2.12 bits per heavy atom. The van der Waals surface area contributed by atoms with Crippen molar-refractivity contribution < 1.29 is 18.7 Å². The first-order chi connectivity index (χ1) is 12.6. The molecule has 0 aliphatic rings. The molecule has 1 aromatic carbocycles. The highest BCUT2D eigenvalue weighted by atomic mass is 79.9. The zero-order chi connectivity index (χ0) is 18.5. The minimum absolute atomic E-state index is 0.216. The van der Waals surface area contributed by atoms with Crippen LogP contribution in [0.5, 0.6) is 11.5 Å². The molecule has 0 aliphatic heterocycles. The SMILES string of the molecule is COc1cccc(OCc2ccc(C(=O)NCc3c(Br)cnn3C)o2)c1. The van der Waals surface area contributed by atoms with E-state index in [0.29, 0.717) is 23.8 Å². The lowest BCUT2D eigenvalue weighted by molar-refractivity contribution is 0.0918. The van der Waals surface area contributed by atoms with Crippen LogP contribution in [0.2, 0.25) is 0 Å². The molecule has 2 heterocycles. The van der Waals surface area contributed by atoms with Crippen LogP contribution in [0, 0.1) is 0 Å². The maximum Gasteiger partial charge on any atom is 0.287 e. The van der Waals surface area contributed by atoms with Gasteiger partial charge in [-0.1, -0.05) is 6.07 Å². The number of aryl methyl sites for hydroxylation is 1. The summed E-state index contributed by atoms with van der Waals surface area (Å²) in [5.41, 5.74) is 0.867. The number of hydrogen-bond acceptors (Lipinski definition) is 5. The zero-order valence-electron chi connectivity index (χ0n) is 14.4. The molecule has 0 fully saturated rings. The highest BCUT2D eigenvalue weighted by Crippen LogP contribution is 2.20. The first kappa shape index (κ1) is 18.1. The van der Waals surface area contributed by atoms with E-state index in [2.05, 4.69) is 26.3 Å². The van der Waals surface area contributed by atoms with E-state index in [-0.39, 0.29) is 18.3 Å². The van der Waals surface area contributed by atoms with Crippen LogP contribution in [0.1, 0.15) is 22.0 Å². The van der Waals surface area contributed by atoms with Gasteiger partial charge >= 0.3 is 0 Å². The Bertz CT molecular complexity index is 884. The van der Waals surface area contributed by atoms with E-state index >= 15 is 0 Å². The molecule has 3 aromatic rings. The number of ether oxygens (including phenoxy) is 2. The normalized spacial score (nSPS) is 10.6. The first-order valence-corrected chi connectivity index (χ1v) is 8.66. The fourth-order valence-electron chi connectivity index (χ4n) is 2.31. The quantitative estimate of drug-likeness (QED) is 0.635. The van der Waals surface area contributed by atoms with Crippen LogP contribution in [-0.2, 0) is 20.2 Å². The van der Waals surface area contributed by atoms with E-state index in [1.165, 1.54) is 0 Å². The highest BCUT2D eigenvalue weighted by Gasteiger charge is 2.13. The van der Waals surface area contributed by atoms with Crippen LogP contribution < -0.4 is 14.8 Å². The molecule has 0 unspecified atom stereocenters. The number of nitrogens with one attached hydrogen (secondary N) is 1. The molecular weight excluding hydrogens is 402 g/mol. The van der Waals surface area contributed by atoms with Crippen LogP contribution in [0.25, 0.3) is 0 Å². The number of amides is 1. The van der Waals surface area contributed by atoms with Crippen molar-refractivity contribution in [3.63, 3.8) is 0 Å². The summed E-state index contributed by atoms with van der Waals surface area (Å²) in [5.74, 6) is 1.86. The third-order valence-electron chi connectivity index (χ3n) is 3.73. The van der Waals surface area contributed by atoms with Crippen molar-refractivity contribution in [2.75, 3.05) is 7.11 Å². The average Bonchev–Trinajstić information content (AvgIpc) is 3.25. The second-order valence-electron chi connectivity index (χ2n) is 5.48. The summed E-state index contributed by atoms with van der Waals surface area (Å²) in [6.45, 7) is 0.556. The molecule has 2 aromatic heterocycles. The van der Waals surface area contributed by atoms with Gasteiger partial charge in [0.15, 0.2) is 5.76 Å². The van der Waals surface area contributed by atoms with E-state index in [9.17, 15) is 4.79 Å². The zero-order valence-corrected chi connectivity index (χ0v) is 15.9. The van der Waals surface area contributed by atoms with Crippen LogP contribution >= 0.6 is 15.9 Å². The number of carbonyl (C=O) groups is 1. The second-order valence-corrected chi connectivity index (χ2v) is 6.33. The largest absolute Gasteiger partial charge is 0.497 e. The molecule has 3 rings (SSSR count). The number of nitrogens with zero attached hydrogens (tertiary/aromatic N) is 2. The van der Waals surface area contributed by atoms with Crippen molar-refractivity contribution in [3.8, 4) is 11.5 Å². The van der Waals surface area contributed by atoms with E-state index in [4.69, 9.17) is 13.9 Å². The summed E-state index contributed by atoms with van der Waals surface area (Å²) in [7, 11) is 3.41. The Morgan fingerprint density at radius 3 is 2.85 bits per heavy atom. The lowest BCUT2D eigenvalue weighted by Crippen LogP contribution is -2.23. The molecule has 0 saturated carbocycles. The van der Waals surface area contributed by atoms with Crippen LogP contribution in [0.15, 0.2) is 51.5 Å². The maximum atomic E-state index is 12.2. The predicted octanol–water partition coefficient (Wildman–Crippen LogP) is 3.29. The van der Waals surface area contributed by atoms with Crippen molar-refractivity contribution in [1.29, 1.82) is 0 Å². The summed E-state index contributed by atoms with van der Waals surface area (Å²) < 4.78 is 18.9. The lowest BCUT2D eigenvalue weighted by Gasteiger charge is -2.06. The summed E-state index contributed by atoms with van der Waals surface area (Å²) in [6.07, 6.45) is 1.68. The number of benzene rings is 1. The molecule has 1 N–H and O–H groups in total. The van der Waals surface area contributed by atoms with E-state index in [0.717, 1.165) is 10.2 Å². The number of aromatic nitrogens is 2. The number of halogens is 1. The first-order valence-electron chi connectivity index (χ1n) is 7.87. The van der Waals surface area contributed by atoms with Gasteiger partial charge in [-0.3, -0.25) is 9.48 Å². The molecular formula is C18H18BrN3O4. The third-order valence-corrected chi connectivity index (χ3v) is 4.40. The number of hydrogen-bond donors (Lipinski definition) is 1. The second kappa shape index (κ2) is 8.09. The minimum atomic E-state index is -0.300. The van der Waals surface area contributed by atoms with Crippen molar-refractivity contribution in [1.82, 2.24) is 15.1 Å². The van der Waals surface area contributed by atoms with Crippen LogP contribution in [0.4, 0.5) is 0 Å². The third kappa shape index (κ3) is 4.26. The summed E-state index contributed by atoms with van der Waals surface area (Å²) >= 11 is 3.40. The fraction of sp³-hybridized carbons (Fsp3) is 0.222. The Balaban J connectivity index is 1.56. The van der Waals surface area contributed by atoms with Gasteiger partial charge in [0.1, 0.15) is 23.9 Å². The summed E-state index contributed by atoms with van der Waals surface area (Å²) in [4.78, 5) is 12.2. The molecule has 0 bridgehead atoms. The number of carbonyl (C=O) groups excluding carboxylic acids is 1. The molecule has 1 amide bonds. The summed E-state index contributed by atoms with van der Waals surface area (Å²) in [5, 5.41) is 6.91. The maximum absolute atomic E-state index is 12.2. The topological polar surface area (TPSA) is 78.5 Å². The van der Waals surface area contributed by atoms with Gasteiger partial charge in [-0.15, -0.1) is 0 Å². The van der Waals surface area contributed by atoms with Crippen LogP contribution in [0.3, 0.4) is 0 Å². The molecule has 8 heteroatoms. The molecule has 0 radical (unpaired) electrons. The highest BCUT2D eigenvalue weighted by molar-refractivity contribution is 9.10. The molecule has 26 heavy (non-hydrogen) atoms. The Hall–Kier alpha value is -2.74. The standard InChI is InChI=1S/C18H18BrN3O4/c1-22-16(15(19)9-21-22)10-20-18(23)17-7-6-14(26-17)11-25-13-5-3-4-12(8-13)24-2/h3-9H,10-11H2,1-2H3,(H,20,23). The van der Waals surface area contributed by atoms with Gasteiger partial charge in [-0.2, -0.15) is 5.10 Å². The molecule has 0 atom stereocenters. The fourth-order valence-corrected chi connectivity index (χ4v) is 2.80. The van der Waals surface area contributed by atoms with E-state index in [1.54, 1.807) is 36.2 Å². The smallest absolute Gasteiger partial charge is 0.287 e. The summed E-state index contributed by atoms with van der Waals surface area (Å²) in [6, 6.07) is 10.6. The van der Waals surface area contributed by atoms with Gasteiger partial charge in [0.25, 0.3) is 5.91 Å². The van der Waals surface area contributed by atoms with Crippen molar-refractivity contribution in [3.05, 3.63) is 64.3 Å². The van der Waals surface area contributed by atoms with Gasteiger partial charge in [-0.25, -0.2) is 0 Å². The van der Waals surface area contributed by atoms with Crippen molar-refractivity contribution in [2.45, 2.75) is 13.2 Å². The Labute approximate surface area is 159 Å². The van der Waals surface area contributed by atoms with Gasteiger partial charge in [0.2, 0.25) is 0 Å². The van der Waals surface area contributed by atoms with Gasteiger partial charge in [0, 0.05) is 13.1 Å². The molecule has 7 nitrogen and oxygen atoms in total. The van der Waals surface area contributed by atoms with Crippen molar-refractivity contribution in [2.24, 2.45) is 7.05 Å². The van der Waals surface area contributed by atoms with Crippen molar-refractivity contribution >= 4 is 21.8 Å². The van der Waals surface area contributed by atoms with Gasteiger partial charge in [0.05, 0.1) is 30.0 Å².